The zero-order valence-corrected chi connectivity index (χ0v) is 20.2. The number of anilines is 2. The minimum atomic E-state index is -0.739. The minimum Gasteiger partial charge on any atom is -0.365 e. The van der Waals surface area contributed by atoms with Gasteiger partial charge in [-0.2, -0.15) is 0 Å². The largest absolute Gasteiger partial charge is 0.365 e. The molecule has 0 aliphatic carbocycles. The first-order chi connectivity index (χ1) is 15.4. The Balaban J connectivity index is 1.80. The fourth-order valence-electron chi connectivity index (χ4n) is 4.60. The van der Waals surface area contributed by atoms with Crippen LogP contribution in [-0.2, 0) is 9.59 Å². The number of imide groups is 2. The Labute approximate surface area is 194 Å². The van der Waals surface area contributed by atoms with Crippen LogP contribution in [0.4, 0.5) is 16.2 Å². The maximum Gasteiger partial charge on any atom is 0.335 e. The Bertz CT molecular complexity index is 1260. The number of aryl methyl sites for hydroxylation is 3. The molecule has 2 aliphatic heterocycles. The lowest BCUT2D eigenvalue weighted by molar-refractivity contribution is -0.122. The van der Waals surface area contributed by atoms with Crippen molar-refractivity contribution in [1.82, 2.24) is 5.32 Å². The first-order valence-electron chi connectivity index (χ1n) is 11.0. The summed E-state index contributed by atoms with van der Waals surface area (Å²) in [5, 5.41) is 2.32. The van der Waals surface area contributed by atoms with Crippen molar-refractivity contribution in [1.29, 1.82) is 0 Å². The molecule has 0 bridgehead atoms. The summed E-state index contributed by atoms with van der Waals surface area (Å²) in [5.41, 5.74) is 7.11. The van der Waals surface area contributed by atoms with Crippen LogP contribution < -0.4 is 15.1 Å². The molecule has 1 saturated heterocycles. The average Bonchev–Trinajstić information content (AvgIpc) is 2.69. The van der Waals surface area contributed by atoms with E-state index in [0.29, 0.717) is 5.69 Å². The van der Waals surface area contributed by atoms with E-state index in [9.17, 15) is 14.4 Å². The minimum absolute atomic E-state index is 0.0667. The highest BCUT2D eigenvalue weighted by Crippen LogP contribution is 2.39. The number of urea groups is 1. The third kappa shape index (κ3) is 3.86. The van der Waals surface area contributed by atoms with Crippen molar-refractivity contribution in [2.24, 2.45) is 0 Å². The normalized spacial score (nSPS) is 18.9. The number of amides is 4. The zero-order chi connectivity index (χ0) is 24.2. The number of nitrogens with one attached hydrogen (secondary N) is 1. The van der Waals surface area contributed by atoms with Crippen LogP contribution in [0, 0.1) is 20.8 Å². The van der Waals surface area contributed by atoms with E-state index in [2.05, 4.69) is 50.2 Å². The predicted molar refractivity (Wildman–Crippen MR) is 132 cm³/mol. The number of hydrogen-bond donors (Lipinski definition) is 1. The van der Waals surface area contributed by atoms with Crippen molar-refractivity contribution in [2.75, 3.05) is 16.8 Å². The first-order valence-corrected chi connectivity index (χ1v) is 11.0. The Morgan fingerprint density at radius 3 is 2.18 bits per heavy atom. The Morgan fingerprint density at radius 1 is 0.909 bits per heavy atom. The van der Waals surface area contributed by atoms with Crippen molar-refractivity contribution in [3.63, 3.8) is 0 Å². The monoisotopic (exact) mass is 443 g/mol. The lowest BCUT2D eigenvalue weighted by atomic mass is 9.87. The van der Waals surface area contributed by atoms with Crippen LogP contribution in [0.1, 0.15) is 48.6 Å². The molecule has 2 aliphatic rings. The number of allylic oxidation sites excluding steroid dienone is 1. The summed E-state index contributed by atoms with van der Waals surface area (Å²) in [6.45, 7) is 12.1. The van der Waals surface area contributed by atoms with Gasteiger partial charge in [-0.1, -0.05) is 12.1 Å². The van der Waals surface area contributed by atoms with E-state index in [1.165, 1.54) is 0 Å². The molecule has 0 saturated carbocycles. The summed E-state index contributed by atoms with van der Waals surface area (Å²) in [5.74, 6) is -1.32. The van der Waals surface area contributed by atoms with Crippen molar-refractivity contribution in [2.45, 2.75) is 47.1 Å². The summed E-state index contributed by atoms with van der Waals surface area (Å²) < 4.78 is 0. The van der Waals surface area contributed by atoms with Crippen LogP contribution in [0.3, 0.4) is 0 Å². The van der Waals surface area contributed by atoms with Crippen molar-refractivity contribution in [3.05, 3.63) is 69.8 Å². The van der Waals surface area contributed by atoms with Crippen molar-refractivity contribution >= 4 is 40.9 Å². The molecule has 2 heterocycles. The van der Waals surface area contributed by atoms with Crippen molar-refractivity contribution in [3.8, 4) is 0 Å². The molecule has 0 aromatic heterocycles. The second kappa shape index (κ2) is 7.73. The summed E-state index contributed by atoms with van der Waals surface area (Å²) in [7, 11) is 2.06. The Kier molecular flexibility index (Phi) is 5.27. The zero-order valence-electron chi connectivity index (χ0n) is 20.2. The molecule has 0 spiro atoms. The number of benzene rings is 2. The summed E-state index contributed by atoms with van der Waals surface area (Å²) in [6, 6.07) is 8.83. The molecule has 6 heteroatoms. The van der Waals surface area contributed by atoms with Gasteiger partial charge in [-0.05, 0) is 99.7 Å². The molecule has 1 N–H and O–H groups in total. The number of likely N-dealkylation sites (N-methyl/N-ethyl adjacent to an activating group) is 1. The van der Waals surface area contributed by atoms with Gasteiger partial charge in [-0.15, -0.1) is 0 Å². The van der Waals surface area contributed by atoms with Gasteiger partial charge in [0.2, 0.25) is 0 Å². The molecular formula is C27H29N3O3. The number of carbonyl (C=O) groups excluding carboxylic acids is 3. The van der Waals surface area contributed by atoms with Gasteiger partial charge in [0.05, 0.1) is 11.2 Å². The molecule has 6 nitrogen and oxygen atoms in total. The quantitative estimate of drug-likeness (QED) is 0.529. The highest BCUT2D eigenvalue weighted by Gasteiger charge is 2.37. The fourth-order valence-corrected chi connectivity index (χ4v) is 4.60. The standard InChI is InChI=1S/C27H29N3O3/c1-15-8-16(2)10-20(9-15)30-25(32)22(24(31)28-26(30)33)13-19-12-21-18(4)14-27(5,6)29(7)23(21)11-17(19)3/h8-14H,1-7H3,(H,28,31,33)/b22-13+. The molecule has 4 rings (SSSR count). The van der Waals surface area contributed by atoms with E-state index in [-0.39, 0.29) is 11.1 Å². The maximum absolute atomic E-state index is 13.3. The highest BCUT2D eigenvalue weighted by molar-refractivity contribution is 6.39. The topological polar surface area (TPSA) is 69.7 Å². The number of carbonyl (C=O) groups is 3. The van der Waals surface area contributed by atoms with Gasteiger partial charge in [0, 0.05) is 18.3 Å². The lowest BCUT2D eigenvalue weighted by Gasteiger charge is -2.41. The van der Waals surface area contributed by atoms with E-state index in [4.69, 9.17) is 0 Å². The Hall–Kier alpha value is -3.67. The van der Waals surface area contributed by atoms with Gasteiger partial charge >= 0.3 is 6.03 Å². The molecule has 170 valence electrons. The fraction of sp³-hybridized carbons (Fsp3) is 0.296. The van der Waals surface area contributed by atoms with E-state index >= 15 is 0 Å². The van der Waals surface area contributed by atoms with Crippen LogP contribution in [0.5, 0.6) is 0 Å². The van der Waals surface area contributed by atoms with Gasteiger partial charge in [-0.25, -0.2) is 9.69 Å². The smallest absolute Gasteiger partial charge is 0.335 e. The van der Waals surface area contributed by atoms with Gasteiger partial charge in [-0.3, -0.25) is 14.9 Å². The van der Waals surface area contributed by atoms with E-state index < -0.39 is 17.8 Å². The molecule has 4 amide bonds. The molecular weight excluding hydrogens is 414 g/mol. The van der Waals surface area contributed by atoms with Crippen LogP contribution >= 0.6 is 0 Å². The average molecular weight is 444 g/mol. The van der Waals surface area contributed by atoms with Crippen molar-refractivity contribution < 1.29 is 14.4 Å². The predicted octanol–water partition coefficient (Wildman–Crippen LogP) is 4.91. The second-order valence-electron chi connectivity index (χ2n) is 9.57. The third-order valence-electron chi connectivity index (χ3n) is 6.47. The maximum atomic E-state index is 13.3. The van der Waals surface area contributed by atoms with Gasteiger partial charge in [0.1, 0.15) is 5.57 Å². The molecule has 0 atom stereocenters. The summed E-state index contributed by atoms with van der Waals surface area (Å²) in [6.07, 6.45) is 3.79. The first kappa shape index (κ1) is 22.5. The molecule has 0 unspecified atom stereocenters. The number of nitrogens with zero attached hydrogens (tertiary/aromatic N) is 2. The van der Waals surface area contributed by atoms with Crippen LogP contribution in [0.2, 0.25) is 0 Å². The third-order valence-corrected chi connectivity index (χ3v) is 6.47. The number of hydrogen-bond acceptors (Lipinski definition) is 4. The van der Waals surface area contributed by atoms with Gasteiger partial charge in [0.25, 0.3) is 11.8 Å². The van der Waals surface area contributed by atoms with Gasteiger partial charge < -0.3 is 4.90 Å². The van der Waals surface area contributed by atoms with Crippen LogP contribution in [0.15, 0.2) is 42.0 Å². The van der Waals surface area contributed by atoms with Gasteiger partial charge in [0.15, 0.2) is 0 Å². The SMILES string of the molecule is CC1=CC(C)(C)N(C)c2cc(C)c(/C=C3\C(=O)NC(=O)N(c4cc(C)cc(C)c4)C3=O)cc21. The summed E-state index contributed by atoms with van der Waals surface area (Å²) in [4.78, 5) is 41.8. The summed E-state index contributed by atoms with van der Waals surface area (Å²) >= 11 is 0. The number of rotatable bonds is 2. The van der Waals surface area contributed by atoms with Crippen LogP contribution in [-0.4, -0.2) is 30.4 Å². The highest BCUT2D eigenvalue weighted by atomic mass is 16.2. The van der Waals surface area contributed by atoms with E-state index in [1.54, 1.807) is 18.2 Å². The van der Waals surface area contributed by atoms with Crippen LogP contribution in [0.25, 0.3) is 11.6 Å². The molecule has 2 aromatic carbocycles. The molecule has 2 aromatic rings. The molecule has 1 fully saturated rings. The Morgan fingerprint density at radius 2 is 1.55 bits per heavy atom. The van der Waals surface area contributed by atoms with E-state index in [0.717, 1.165) is 44.0 Å². The molecule has 0 radical (unpaired) electrons. The van der Waals surface area contributed by atoms with E-state index in [1.807, 2.05) is 32.9 Å². The number of barbiturate groups is 1. The lowest BCUT2D eigenvalue weighted by Crippen LogP contribution is -2.54. The second-order valence-corrected chi connectivity index (χ2v) is 9.57. The number of fused-ring (bicyclic) bond motifs is 1. The molecule has 33 heavy (non-hydrogen) atoms.